The van der Waals surface area contributed by atoms with Gasteiger partial charge in [-0.1, -0.05) is 18.2 Å². The Bertz CT molecular complexity index is 897. The van der Waals surface area contributed by atoms with Gasteiger partial charge in [-0.15, -0.1) is 10.2 Å². The van der Waals surface area contributed by atoms with Gasteiger partial charge in [0.05, 0.1) is 5.56 Å². The van der Waals surface area contributed by atoms with Crippen molar-refractivity contribution >= 4 is 16.8 Å². The first kappa shape index (κ1) is 15.0. The summed E-state index contributed by atoms with van der Waals surface area (Å²) in [7, 11) is 0. The summed E-state index contributed by atoms with van der Waals surface area (Å²) in [4.78, 5) is 26.8. The minimum Gasteiger partial charge on any atom is -0.352 e. The number of aryl methyl sites for hydroxylation is 1. The molecule has 3 rings (SSSR count). The van der Waals surface area contributed by atoms with Gasteiger partial charge in [0.15, 0.2) is 0 Å². The Balaban J connectivity index is 1.75. The van der Waals surface area contributed by atoms with E-state index in [4.69, 9.17) is 0 Å². The number of hydrogen-bond acceptors (Lipinski definition) is 4. The first-order chi connectivity index (χ1) is 11.2. The molecular formula is C16H17N5O2. The molecule has 0 bridgehead atoms. The van der Waals surface area contributed by atoms with Crippen molar-refractivity contribution in [1.29, 1.82) is 0 Å². The molecule has 0 aliphatic heterocycles. The van der Waals surface area contributed by atoms with E-state index in [9.17, 15) is 9.59 Å². The number of nitrogens with one attached hydrogen (secondary N) is 2. The highest BCUT2D eigenvalue weighted by Crippen LogP contribution is 2.14. The Hall–Kier alpha value is -2.96. The van der Waals surface area contributed by atoms with Gasteiger partial charge in [0.2, 0.25) is 5.56 Å². The first-order valence-electron chi connectivity index (χ1n) is 7.46. The molecule has 1 amide bonds. The summed E-state index contributed by atoms with van der Waals surface area (Å²) in [6.45, 7) is 3.22. The normalized spacial score (nSPS) is 10.8. The number of rotatable bonds is 5. The lowest BCUT2D eigenvalue weighted by molar-refractivity contribution is 0.0955. The predicted molar refractivity (Wildman–Crippen MR) is 86.3 cm³/mol. The molecule has 0 radical (unpaired) electrons. The van der Waals surface area contributed by atoms with E-state index in [0.717, 1.165) is 17.8 Å². The minimum absolute atomic E-state index is 0.269. The van der Waals surface area contributed by atoms with Crippen molar-refractivity contribution < 1.29 is 4.79 Å². The van der Waals surface area contributed by atoms with Crippen molar-refractivity contribution in [3.8, 4) is 0 Å². The second kappa shape index (κ2) is 6.43. The standard InChI is InChI=1S/C16H17N5O2/c1-2-21-10-18-20-14(21)7-8-17-16(23)12-9-15(22)19-13-6-4-3-5-11(12)13/h3-6,9-10H,2,7-8H2,1H3,(H,17,23)(H,19,22). The second-order valence-electron chi connectivity index (χ2n) is 5.13. The number of H-pyrrole nitrogens is 1. The number of para-hydroxylation sites is 1. The topological polar surface area (TPSA) is 92.7 Å². The van der Waals surface area contributed by atoms with Gasteiger partial charge in [-0.2, -0.15) is 0 Å². The summed E-state index contributed by atoms with van der Waals surface area (Å²) in [5.74, 6) is 0.554. The number of aromatic nitrogens is 4. The van der Waals surface area contributed by atoms with Crippen molar-refractivity contribution in [2.75, 3.05) is 6.54 Å². The zero-order chi connectivity index (χ0) is 16.2. The van der Waals surface area contributed by atoms with Gasteiger partial charge in [-0.05, 0) is 13.0 Å². The molecule has 2 N–H and O–H groups in total. The van der Waals surface area contributed by atoms with Crippen LogP contribution in [0.5, 0.6) is 0 Å². The molecule has 7 heteroatoms. The van der Waals surface area contributed by atoms with Crippen LogP contribution in [0.3, 0.4) is 0 Å². The van der Waals surface area contributed by atoms with Crippen LogP contribution in [0.15, 0.2) is 41.5 Å². The second-order valence-corrected chi connectivity index (χ2v) is 5.13. The van der Waals surface area contributed by atoms with Crippen molar-refractivity contribution in [2.45, 2.75) is 19.9 Å². The molecule has 3 aromatic rings. The van der Waals surface area contributed by atoms with Crippen LogP contribution in [0.2, 0.25) is 0 Å². The number of benzene rings is 1. The highest BCUT2D eigenvalue weighted by atomic mass is 16.2. The first-order valence-corrected chi connectivity index (χ1v) is 7.46. The van der Waals surface area contributed by atoms with Gasteiger partial charge in [0.25, 0.3) is 5.91 Å². The average molecular weight is 311 g/mol. The van der Waals surface area contributed by atoms with E-state index in [1.54, 1.807) is 12.4 Å². The Kier molecular flexibility index (Phi) is 4.18. The van der Waals surface area contributed by atoms with E-state index < -0.39 is 0 Å². The van der Waals surface area contributed by atoms with Crippen LogP contribution >= 0.6 is 0 Å². The van der Waals surface area contributed by atoms with E-state index in [0.29, 0.717) is 24.0 Å². The van der Waals surface area contributed by atoms with E-state index >= 15 is 0 Å². The van der Waals surface area contributed by atoms with Crippen molar-refractivity contribution in [2.24, 2.45) is 0 Å². The van der Waals surface area contributed by atoms with Gasteiger partial charge >= 0.3 is 0 Å². The predicted octanol–water partition coefficient (Wildman–Crippen LogP) is 1.11. The summed E-state index contributed by atoms with van der Waals surface area (Å²) in [6.07, 6.45) is 2.25. The molecule has 0 unspecified atom stereocenters. The number of amides is 1. The summed E-state index contributed by atoms with van der Waals surface area (Å²) < 4.78 is 1.93. The highest BCUT2D eigenvalue weighted by molar-refractivity contribution is 6.05. The number of nitrogens with zero attached hydrogens (tertiary/aromatic N) is 3. The van der Waals surface area contributed by atoms with Crippen LogP contribution < -0.4 is 10.9 Å². The lowest BCUT2D eigenvalue weighted by Gasteiger charge is -2.08. The summed E-state index contributed by atoms with van der Waals surface area (Å²) in [6, 6.07) is 8.57. The summed E-state index contributed by atoms with van der Waals surface area (Å²) in [5, 5.41) is 11.4. The zero-order valence-electron chi connectivity index (χ0n) is 12.7. The van der Waals surface area contributed by atoms with Gasteiger partial charge in [0.1, 0.15) is 12.2 Å². The lowest BCUT2D eigenvalue weighted by Crippen LogP contribution is -2.27. The molecule has 2 aromatic heterocycles. The van der Waals surface area contributed by atoms with Crippen LogP contribution in [-0.4, -0.2) is 32.2 Å². The average Bonchev–Trinajstić information content (AvgIpc) is 3.01. The molecule has 0 atom stereocenters. The largest absolute Gasteiger partial charge is 0.352 e. The third kappa shape index (κ3) is 3.13. The maximum absolute atomic E-state index is 12.4. The SMILES string of the molecule is CCn1cnnc1CCNC(=O)c1cc(=O)[nH]c2ccccc12. The van der Waals surface area contributed by atoms with Crippen LogP contribution in [0.25, 0.3) is 10.9 Å². The zero-order valence-corrected chi connectivity index (χ0v) is 12.7. The van der Waals surface area contributed by atoms with Crippen molar-refractivity contribution in [3.63, 3.8) is 0 Å². The summed E-state index contributed by atoms with van der Waals surface area (Å²) in [5.41, 5.74) is 0.733. The fourth-order valence-electron chi connectivity index (χ4n) is 2.51. The number of fused-ring (bicyclic) bond motifs is 1. The molecule has 2 heterocycles. The van der Waals surface area contributed by atoms with Crippen LogP contribution in [0.1, 0.15) is 23.1 Å². The molecule has 23 heavy (non-hydrogen) atoms. The Morgan fingerprint density at radius 1 is 1.35 bits per heavy atom. The van der Waals surface area contributed by atoms with E-state index in [-0.39, 0.29) is 11.5 Å². The fraction of sp³-hybridized carbons (Fsp3) is 0.250. The Morgan fingerprint density at radius 2 is 2.17 bits per heavy atom. The van der Waals surface area contributed by atoms with Crippen LogP contribution in [0, 0.1) is 0 Å². The molecule has 0 spiro atoms. The third-order valence-corrected chi connectivity index (χ3v) is 3.67. The van der Waals surface area contributed by atoms with Crippen molar-refractivity contribution in [1.82, 2.24) is 25.1 Å². The van der Waals surface area contributed by atoms with Gasteiger partial charge < -0.3 is 14.9 Å². The van der Waals surface area contributed by atoms with Gasteiger partial charge in [-0.3, -0.25) is 9.59 Å². The Morgan fingerprint density at radius 3 is 3.00 bits per heavy atom. The minimum atomic E-state index is -0.292. The quantitative estimate of drug-likeness (QED) is 0.738. The van der Waals surface area contributed by atoms with Crippen molar-refractivity contribution in [3.05, 3.63) is 58.4 Å². The van der Waals surface area contributed by atoms with Gasteiger partial charge in [-0.25, -0.2) is 0 Å². The van der Waals surface area contributed by atoms with E-state index in [2.05, 4.69) is 20.5 Å². The third-order valence-electron chi connectivity index (χ3n) is 3.67. The molecule has 0 fully saturated rings. The molecule has 7 nitrogen and oxygen atoms in total. The van der Waals surface area contributed by atoms with E-state index in [1.165, 1.54) is 6.07 Å². The molecule has 0 saturated heterocycles. The smallest absolute Gasteiger partial charge is 0.252 e. The highest BCUT2D eigenvalue weighted by Gasteiger charge is 2.11. The molecule has 0 saturated carbocycles. The maximum atomic E-state index is 12.4. The molecular weight excluding hydrogens is 294 g/mol. The van der Waals surface area contributed by atoms with Gasteiger partial charge in [0, 0.05) is 36.5 Å². The van der Waals surface area contributed by atoms with Crippen LogP contribution in [-0.2, 0) is 13.0 Å². The monoisotopic (exact) mass is 311 g/mol. The number of carbonyl (C=O) groups is 1. The number of aromatic amines is 1. The number of pyridine rings is 1. The lowest BCUT2D eigenvalue weighted by atomic mass is 10.1. The fourth-order valence-corrected chi connectivity index (χ4v) is 2.51. The number of hydrogen-bond donors (Lipinski definition) is 2. The van der Waals surface area contributed by atoms with Crippen LogP contribution in [0.4, 0.5) is 0 Å². The van der Waals surface area contributed by atoms with E-state index in [1.807, 2.05) is 29.7 Å². The summed E-state index contributed by atoms with van der Waals surface area (Å²) >= 11 is 0. The molecule has 0 aliphatic rings. The number of carbonyl (C=O) groups excluding carboxylic acids is 1. The molecule has 0 aliphatic carbocycles. The molecule has 1 aromatic carbocycles. The molecule has 118 valence electrons. The maximum Gasteiger partial charge on any atom is 0.252 e. The Labute approximate surface area is 132 Å².